The van der Waals surface area contributed by atoms with Gasteiger partial charge in [-0.1, -0.05) is 18.2 Å². The van der Waals surface area contributed by atoms with Crippen molar-refractivity contribution in [1.29, 1.82) is 0 Å². The Labute approximate surface area is 101 Å². The molecule has 0 spiro atoms. The molecule has 4 heteroatoms. The fraction of sp³-hybridized carbons (Fsp3) is 0.462. The van der Waals surface area contributed by atoms with Gasteiger partial charge < -0.3 is 10.0 Å². The topological polar surface area (TPSA) is 43.8 Å². The second kappa shape index (κ2) is 4.75. The number of aliphatic carboxylic acids is 1. The van der Waals surface area contributed by atoms with Crippen LogP contribution in [0, 0.1) is 0 Å². The van der Waals surface area contributed by atoms with Crippen LogP contribution in [0.15, 0.2) is 24.3 Å². The number of para-hydroxylation sites is 1. The van der Waals surface area contributed by atoms with Crippen LogP contribution in [0.2, 0.25) is 0 Å². The number of likely N-dealkylation sites (N-methyl/N-ethyl adjacent to an activating group) is 1. The van der Waals surface area contributed by atoms with Gasteiger partial charge in [0.2, 0.25) is 0 Å². The number of benzene rings is 1. The van der Waals surface area contributed by atoms with Crippen molar-refractivity contribution in [1.82, 2.24) is 4.90 Å². The first-order valence-corrected chi connectivity index (χ1v) is 5.83. The minimum atomic E-state index is -0.765. The summed E-state index contributed by atoms with van der Waals surface area (Å²) in [6, 6.07) is 8.42. The average Bonchev–Trinajstić information content (AvgIpc) is 2.38. The van der Waals surface area contributed by atoms with Crippen LogP contribution in [-0.2, 0) is 11.3 Å². The van der Waals surface area contributed by atoms with E-state index in [1.165, 1.54) is 11.3 Å². The molecule has 0 amide bonds. The Morgan fingerprint density at radius 2 is 2.18 bits per heavy atom. The zero-order valence-electron chi connectivity index (χ0n) is 10.3. The lowest BCUT2D eigenvalue weighted by molar-refractivity contribution is -0.138. The van der Waals surface area contributed by atoms with Crippen LogP contribution < -0.4 is 4.90 Å². The summed E-state index contributed by atoms with van der Waals surface area (Å²) in [6.07, 6.45) is 0. The lowest BCUT2D eigenvalue weighted by Crippen LogP contribution is -2.40. The summed E-state index contributed by atoms with van der Waals surface area (Å²) in [7, 11) is 2.06. The number of carboxylic acid groups (broad SMARTS) is 1. The third-order valence-corrected chi connectivity index (χ3v) is 3.28. The number of anilines is 1. The lowest BCUT2D eigenvalue weighted by Gasteiger charge is -2.26. The van der Waals surface area contributed by atoms with Gasteiger partial charge in [0, 0.05) is 31.9 Å². The Morgan fingerprint density at radius 3 is 2.88 bits per heavy atom. The molecule has 1 N–H and O–H groups in total. The minimum absolute atomic E-state index is 0.101. The fourth-order valence-corrected chi connectivity index (χ4v) is 2.39. The van der Waals surface area contributed by atoms with Crippen molar-refractivity contribution in [2.24, 2.45) is 0 Å². The maximum absolute atomic E-state index is 10.9. The van der Waals surface area contributed by atoms with E-state index in [9.17, 15) is 4.79 Å². The Balaban J connectivity index is 2.28. The summed E-state index contributed by atoms with van der Waals surface area (Å²) in [4.78, 5) is 15.1. The van der Waals surface area contributed by atoms with Crippen molar-refractivity contribution in [2.45, 2.75) is 19.5 Å². The van der Waals surface area contributed by atoms with E-state index in [1.54, 1.807) is 0 Å². The Kier molecular flexibility index (Phi) is 3.33. The van der Waals surface area contributed by atoms with Crippen molar-refractivity contribution in [3.8, 4) is 0 Å². The van der Waals surface area contributed by atoms with Crippen molar-refractivity contribution < 1.29 is 9.90 Å². The Bertz CT molecular complexity index is 420. The monoisotopic (exact) mass is 234 g/mol. The van der Waals surface area contributed by atoms with E-state index < -0.39 is 5.97 Å². The van der Waals surface area contributed by atoms with Gasteiger partial charge in [0.25, 0.3) is 0 Å². The molecule has 0 aliphatic carbocycles. The van der Waals surface area contributed by atoms with Gasteiger partial charge in [0.1, 0.15) is 0 Å². The maximum Gasteiger partial charge on any atom is 0.317 e. The molecule has 2 rings (SSSR count). The summed E-state index contributed by atoms with van der Waals surface area (Å²) in [5.41, 5.74) is 2.40. The lowest BCUT2D eigenvalue weighted by atomic mass is 10.1. The van der Waals surface area contributed by atoms with E-state index in [-0.39, 0.29) is 12.6 Å². The number of fused-ring (bicyclic) bond motifs is 1. The number of hydrogen-bond acceptors (Lipinski definition) is 3. The predicted molar refractivity (Wildman–Crippen MR) is 67.2 cm³/mol. The molecule has 1 aliphatic heterocycles. The van der Waals surface area contributed by atoms with Crippen molar-refractivity contribution in [2.75, 3.05) is 25.0 Å². The summed E-state index contributed by atoms with van der Waals surface area (Å²) < 4.78 is 0. The van der Waals surface area contributed by atoms with Crippen LogP contribution in [0.5, 0.6) is 0 Å². The van der Waals surface area contributed by atoms with Gasteiger partial charge in [-0.3, -0.25) is 9.69 Å². The van der Waals surface area contributed by atoms with Gasteiger partial charge in [-0.15, -0.1) is 0 Å². The van der Waals surface area contributed by atoms with E-state index in [4.69, 9.17) is 5.11 Å². The zero-order chi connectivity index (χ0) is 12.4. The molecule has 0 aromatic heterocycles. The summed E-state index contributed by atoms with van der Waals surface area (Å²) >= 11 is 0. The molecule has 4 nitrogen and oxygen atoms in total. The van der Waals surface area contributed by atoms with Crippen molar-refractivity contribution >= 4 is 11.7 Å². The quantitative estimate of drug-likeness (QED) is 0.840. The smallest absolute Gasteiger partial charge is 0.317 e. The predicted octanol–water partition coefficient (Wildman–Crippen LogP) is 1.41. The number of hydrogen-bond donors (Lipinski definition) is 1. The molecule has 0 saturated carbocycles. The van der Waals surface area contributed by atoms with Crippen molar-refractivity contribution in [3.05, 3.63) is 29.8 Å². The fourth-order valence-electron chi connectivity index (χ4n) is 2.39. The first-order chi connectivity index (χ1) is 8.08. The molecule has 1 aromatic rings. The normalized spacial score (nSPS) is 20.8. The number of carbonyl (C=O) groups is 1. The highest BCUT2D eigenvalue weighted by atomic mass is 16.4. The molecule has 1 heterocycles. The molecule has 1 atom stereocenters. The standard InChI is InChI=1S/C13H18N2O2/c1-10-7-14(2)12-6-4-3-5-11(12)8-15(10)9-13(16)17/h3-6,10H,7-9H2,1-2H3,(H,16,17)/t10-/m0/s1. The second-order valence-corrected chi connectivity index (χ2v) is 4.66. The Hall–Kier alpha value is -1.55. The van der Waals surface area contributed by atoms with Crippen molar-refractivity contribution in [3.63, 3.8) is 0 Å². The third-order valence-electron chi connectivity index (χ3n) is 3.28. The third kappa shape index (κ3) is 2.58. The molecule has 1 aromatic carbocycles. The van der Waals surface area contributed by atoms with Gasteiger partial charge in [-0.05, 0) is 18.6 Å². The summed E-state index contributed by atoms with van der Waals surface area (Å²) in [5, 5.41) is 8.93. The summed E-state index contributed by atoms with van der Waals surface area (Å²) in [6.45, 7) is 3.73. The van der Waals surface area contributed by atoms with E-state index in [0.29, 0.717) is 6.54 Å². The number of carboxylic acids is 1. The van der Waals surface area contributed by atoms with Gasteiger partial charge in [-0.2, -0.15) is 0 Å². The molecular formula is C13H18N2O2. The molecule has 0 radical (unpaired) electrons. The zero-order valence-corrected chi connectivity index (χ0v) is 10.3. The van der Waals surface area contributed by atoms with E-state index in [1.807, 2.05) is 17.0 Å². The highest BCUT2D eigenvalue weighted by Gasteiger charge is 2.24. The molecule has 0 bridgehead atoms. The highest BCUT2D eigenvalue weighted by molar-refractivity contribution is 5.69. The van der Waals surface area contributed by atoms with E-state index >= 15 is 0 Å². The number of rotatable bonds is 2. The SMILES string of the molecule is C[C@H]1CN(C)c2ccccc2CN1CC(=O)O. The van der Waals surface area contributed by atoms with Crippen LogP contribution in [0.25, 0.3) is 0 Å². The molecule has 0 unspecified atom stereocenters. The maximum atomic E-state index is 10.9. The van der Waals surface area contributed by atoms with Crippen LogP contribution in [0.1, 0.15) is 12.5 Å². The van der Waals surface area contributed by atoms with Gasteiger partial charge in [0.15, 0.2) is 0 Å². The Morgan fingerprint density at radius 1 is 1.47 bits per heavy atom. The van der Waals surface area contributed by atoms with E-state index in [2.05, 4.69) is 31.0 Å². The van der Waals surface area contributed by atoms with Gasteiger partial charge in [0.05, 0.1) is 6.54 Å². The number of nitrogens with zero attached hydrogens (tertiary/aromatic N) is 2. The molecule has 0 fully saturated rings. The highest BCUT2D eigenvalue weighted by Crippen LogP contribution is 2.25. The van der Waals surface area contributed by atoms with Crippen LogP contribution in [-0.4, -0.2) is 42.2 Å². The average molecular weight is 234 g/mol. The molecule has 1 aliphatic rings. The largest absolute Gasteiger partial charge is 0.480 e. The molecule has 17 heavy (non-hydrogen) atoms. The first kappa shape index (κ1) is 11.9. The van der Waals surface area contributed by atoms with Crippen LogP contribution in [0.3, 0.4) is 0 Å². The molecule has 92 valence electrons. The van der Waals surface area contributed by atoms with E-state index in [0.717, 1.165) is 6.54 Å². The molecular weight excluding hydrogens is 216 g/mol. The molecule has 0 saturated heterocycles. The van der Waals surface area contributed by atoms with Gasteiger partial charge in [-0.25, -0.2) is 0 Å². The second-order valence-electron chi connectivity index (χ2n) is 4.66. The first-order valence-electron chi connectivity index (χ1n) is 5.83. The van der Waals surface area contributed by atoms with Crippen LogP contribution >= 0.6 is 0 Å². The summed E-state index contributed by atoms with van der Waals surface area (Å²) in [5.74, 6) is -0.765. The van der Waals surface area contributed by atoms with Crippen LogP contribution in [0.4, 0.5) is 5.69 Å². The van der Waals surface area contributed by atoms with Gasteiger partial charge >= 0.3 is 5.97 Å². The minimum Gasteiger partial charge on any atom is -0.480 e.